The molecule has 0 radical (unpaired) electrons. The maximum absolute atomic E-state index is 12.2. The van der Waals surface area contributed by atoms with Crippen molar-refractivity contribution in [1.29, 1.82) is 0 Å². The van der Waals surface area contributed by atoms with Gasteiger partial charge in [-0.2, -0.15) is 0 Å². The second-order valence-electron chi connectivity index (χ2n) is 5.34. The highest BCUT2D eigenvalue weighted by molar-refractivity contribution is 5.89. The van der Waals surface area contributed by atoms with Gasteiger partial charge < -0.3 is 15.0 Å². The molecule has 0 unspecified atom stereocenters. The van der Waals surface area contributed by atoms with E-state index in [0.717, 1.165) is 22.8 Å². The number of hydrogen-bond acceptors (Lipinski definition) is 2. The number of hydrogen-bond donors (Lipinski definition) is 1. The Morgan fingerprint density at radius 3 is 2.26 bits per heavy atom. The maximum Gasteiger partial charge on any atom is 0.322 e. The monoisotopic (exact) mass is 310 g/mol. The second-order valence-corrected chi connectivity index (χ2v) is 5.34. The number of likely N-dealkylation sites (N-methyl/N-ethyl adjacent to an activating group) is 1. The molecule has 23 heavy (non-hydrogen) atoms. The van der Waals surface area contributed by atoms with E-state index in [1.165, 1.54) is 0 Å². The van der Waals surface area contributed by atoms with Crippen LogP contribution in [0, 0.1) is 0 Å². The molecule has 1 N–H and O–H groups in total. The third-order valence-electron chi connectivity index (χ3n) is 3.21. The average Bonchev–Trinajstić information content (AvgIpc) is 2.55. The van der Waals surface area contributed by atoms with Crippen molar-refractivity contribution in [3.63, 3.8) is 0 Å². The van der Waals surface area contributed by atoms with Crippen molar-refractivity contribution in [3.05, 3.63) is 66.7 Å². The number of benzene rings is 2. The molecule has 0 aromatic heterocycles. The lowest BCUT2D eigenvalue weighted by atomic mass is 10.3. The normalized spacial score (nSPS) is 10.0. The average molecular weight is 310 g/mol. The van der Waals surface area contributed by atoms with Crippen molar-refractivity contribution in [2.75, 3.05) is 18.4 Å². The predicted octanol–water partition coefficient (Wildman–Crippen LogP) is 4.91. The molecule has 0 atom stereocenters. The zero-order chi connectivity index (χ0) is 16.7. The van der Waals surface area contributed by atoms with Crippen molar-refractivity contribution >= 4 is 11.7 Å². The smallest absolute Gasteiger partial charge is 0.322 e. The highest BCUT2D eigenvalue weighted by Gasteiger charge is 2.11. The van der Waals surface area contributed by atoms with Crippen LogP contribution in [0.1, 0.15) is 13.8 Å². The molecule has 4 heteroatoms. The van der Waals surface area contributed by atoms with Crippen LogP contribution in [-0.2, 0) is 0 Å². The molecule has 0 heterocycles. The molecule has 2 amide bonds. The van der Waals surface area contributed by atoms with Crippen LogP contribution in [0.3, 0.4) is 0 Å². The van der Waals surface area contributed by atoms with Crippen LogP contribution in [0.5, 0.6) is 11.5 Å². The van der Waals surface area contributed by atoms with E-state index in [0.29, 0.717) is 13.1 Å². The number of urea groups is 1. The largest absolute Gasteiger partial charge is 0.457 e. The molecule has 0 aliphatic rings. The van der Waals surface area contributed by atoms with Crippen LogP contribution in [0.25, 0.3) is 0 Å². The molecule has 4 nitrogen and oxygen atoms in total. The van der Waals surface area contributed by atoms with E-state index >= 15 is 0 Å². The van der Waals surface area contributed by atoms with Gasteiger partial charge in [-0.3, -0.25) is 0 Å². The molecule has 2 aromatic carbocycles. The van der Waals surface area contributed by atoms with E-state index < -0.39 is 0 Å². The lowest BCUT2D eigenvalue weighted by Gasteiger charge is -2.21. The van der Waals surface area contributed by atoms with Gasteiger partial charge in [-0.1, -0.05) is 30.4 Å². The van der Waals surface area contributed by atoms with E-state index in [1.54, 1.807) is 4.90 Å². The molecule has 0 saturated carbocycles. The maximum atomic E-state index is 12.2. The van der Waals surface area contributed by atoms with Gasteiger partial charge in [0.25, 0.3) is 0 Å². The molecular formula is C19H22N2O2. The minimum Gasteiger partial charge on any atom is -0.457 e. The number of nitrogens with one attached hydrogen (secondary N) is 1. The summed E-state index contributed by atoms with van der Waals surface area (Å²) in [6.45, 7) is 8.88. The fourth-order valence-corrected chi connectivity index (χ4v) is 2.09. The summed E-state index contributed by atoms with van der Waals surface area (Å²) in [5.41, 5.74) is 1.68. The van der Waals surface area contributed by atoms with Crippen LogP contribution in [0.4, 0.5) is 10.5 Å². The van der Waals surface area contributed by atoms with Crippen molar-refractivity contribution in [3.8, 4) is 11.5 Å². The molecule has 0 spiro atoms. The van der Waals surface area contributed by atoms with Gasteiger partial charge in [-0.05, 0) is 50.2 Å². The predicted molar refractivity (Wildman–Crippen MR) is 94.0 cm³/mol. The van der Waals surface area contributed by atoms with Gasteiger partial charge in [0.1, 0.15) is 11.5 Å². The van der Waals surface area contributed by atoms with Gasteiger partial charge >= 0.3 is 6.03 Å². The number of carbonyl (C=O) groups is 1. The summed E-state index contributed by atoms with van der Waals surface area (Å²) in [7, 11) is 0. The molecule has 0 aliphatic heterocycles. The molecule has 0 aliphatic carbocycles. The SMILES string of the molecule is C=C(C)CN(CC)C(=O)Nc1ccc(Oc2ccccc2)cc1. The lowest BCUT2D eigenvalue weighted by Crippen LogP contribution is -2.35. The van der Waals surface area contributed by atoms with Gasteiger partial charge in [-0.15, -0.1) is 0 Å². The Labute approximate surface area is 137 Å². The first-order valence-electron chi connectivity index (χ1n) is 7.61. The van der Waals surface area contributed by atoms with Crippen molar-refractivity contribution in [2.45, 2.75) is 13.8 Å². The highest BCUT2D eigenvalue weighted by Crippen LogP contribution is 2.22. The fraction of sp³-hybridized carbons (Fsp3) is 0.211. The van der Waals surface area contributed by atoms with Gasteiger partial charge in [0.05, 0.1) is 0 Å². The number of rotatable bonds is 6. The number of nitrogens with zero attached hydrogens (tertiary/aromatic N) is 1. The molecule has 0 fully saturated rings. The Kier molecular flexibility index (Phi) is 5.80. The van der Waals surface area contributed by atoms with Gasteiger partial charge in [0, 0.05) is 18.8 Å². The number of anilines is 1. The van der Waals surface area contributed by atoms with Crippen LogP contribution in [-0.4, -0.2) is 24.0 Å². The standard InChI is InChI=1S/C19H22N2O2/c1-4-21(14-15(2)3)19(22)20-16-10-12-18(13-11-16)23-17-8-6-5-7-9-17/h5-13H,2,4,14H2,1,3H3,(H,20,22). The minimum absolute atomic E-state index is 0.132. The Morgan fingerprint density at radius 2 is 1.70 bits per heavy atom. The van der Waals surface area contributed by atoms with Crippen molar-refractivity contribution in [2.24, 2.45) is 0 Å². The molecular weight excluding hydrogens is 288 g/mol. The van der Waals surface area contributed by atoms with E-state index in [9.17, 15) is 4.79 Å². The second kappa shape index (κ2) is 8.03. The minimum atomic E-state index is -0.132. The summed E-state index contributed by atoms with van der Waals surface area (Å²) in [4.78, 5) is 13.9. The molecule has 120 valence electrons. The summed E-state index contributed by atoms with van der Waals surface area (Å²) in [5.74, 6) is 1.51. The van der Waals surface area contributed by atoms with E-state index in [-0.39, 0.29) is 6.03 Å². The first kappa shape index (κ1) is 16.6. The molecule has 2 aromatic rings. The molecule has 0 bridgehead atoms. The van der Waals surface area contributed by atoms with Gasteiger partial charge in [0.2, 0.25) is 0 Å². The Balaban J connectivity index is 1.96. The number of ether oxygens (including phenoxy) is 1. The summed E-state index contributed by atoms with van der Waals surface area (Å²) in [5, 5.41) is 2.88. The third kappa shape index (κ3) is 5.18. The number of para-hydroxylation sites is 1. The summed E-state index contributed by atoms with van der Waals surface area (Å²) >= 11 is 0. The van der Waals surface area contributed by atoms with E-state index in [2.05, 4.69) is 11.9 Å². The quantitative estimate of drug-likeness (QED) is 0.770. The molecule has 0 saturated heterocycles. The Hall–Kier alpha value is -2.75. The van der Waals surface area contributed by atoms with Crippen molar-refractivity contribution in [1.82, 2.24) is 4.90 Å². The third-order valence-corrected chi connectivity index (χ3v) is 3.21. The van der Waals surface area contributed by atoms with Crippen LogP contribution in [0.2, 0.25) is 0 Å². The zero-order valence-electron chi connectivity index (χ0n) is 13.6. The van der Waals surface area contributed by atoms with E-state index in [4.69, 9.17) is 4.74 Å². The van der Waals surface area contributed by atoms with Crippen LogP contribution < -0.4 is 10.1 Å². The zero-order valence-corrected chi connectivity index (χ0v) is 13.6. The van der Waals surface area contributed by atoms with Gasteiger partial charge in [-0.25, -0.2) is 4.79 Å². The first-order valence-corrected chi connectivity index (χ1v) is 7.61. The summed E-state index contributed by atoms with van der Waals surface area (Å²) in [6, 6.07) is 16.8. The number of amides is 2. The van der Waals surface area contributed by atoms with Crippen LogP contribution >= 0.6 is 0 Å². The topological polar surface area (TPSA) is 41.6 Å². The van der Waals surface area contributed by atoms with Gasteiger partial charge in [0.15, 0.2) is 0 Å². The lowest BCUT2D eigenvalue weighted by molar-refractivity contribution is 0.218. The summed E-state index contributed by atoms with van der Waals surface area (Å²) in [6.07, 6.45) is 0. The fourth-order valence-electron chi connectivity index (χ4n) is 2.09. The number of carbonyl (C=O) groups excluding carboxylic acids is 1. The molecule has 2 rings (SSSR count). The van der Waals surface area contributed by atoms with Crippen LogP contribution in [0.15, 0.2) is 66.7 Å². The Bertz CT molecular complexity index is 651. The summed E-state index contributed by atoms with van der Waals surface area (Å²) < 4.78 is 5.72. The highest BCUT2D eigenvalue weighted by atomic mass is 16.5. The Morgan fingerprint density at radius 1 is 1.09 bits per heavy atom. The van der Waals surface area contributed by atoms with Crippen molar-refractivity contribution < 1.29 is 9.53 Å². The first-order chi connectivity index (χ1) is 11.1. The van der Waals surface area contributed by atoms with E-state index in [1.807, 2.05) is 68.4 Å².